The molecule has 1 saturated heterocycles. The van der Waals surface area contributed by atoms with Crippen molar-refractivity contribution in [3.8, 4) is 10.6 Å². The first kappa shape index (κ1) is 19.4. The number of nitrogens with zero attached hydrogens (tertiary/aromatic N) is 3. The van der Waals surface area contributed by atoms with Crippen LogP contribution in [-0.2, 0) is 9.53 Å². The van der Waals surface area contributed by atoms with Gasteiger partial charge in [0.05, 0.1) is 25.5 Å². The Morgan fingerprint density at radius 1 is 1.44 bits per heavy atom. The second-order valence-electron chi connectivity index (χ2n) is 6.34. The van der Waals surface area contributed by atoms with Crippen molar-refractivity contribution in [2.75, 3.05) is 39.8 Å². The maximum Gasteiger partial charge on any atom is 0.317 e. The lowest BCUT2D eigenvalue weighted by atomic mass is 10.2. The summed E-state index contributed by atoms with van der Waals surface area (Å²) in [7, 11) is 1.70. The van der Waals surface area contributed by atoms with E-state index in [1.54, 1.807) is 35.0 Å². The number of likely N-dealkylation sites (N-methyl/N-ethyl adjacent to an activating group) is 1. The van der Waals surface area contributed by atoms with Crippen molar-refractivity contribution in [3.63, 3.8) is 0 Å². The standard InChI is InChI=1S/C18H20FN3O4S/c1-21(11-16(23)24)9-12-10-22(6-7-26-12)18(25)15-8-20-17(27-15)13-4-2-3-5-14(13)19/h2-5,8,12H,6-7,9-11H2,1H3,(H,23,24). The first-order valence-corrected chi connectivity index (χ1v) is 9.27. The highest BCUT2D eigenvalue weighted by Crippen LogP contribution is 2.28. The van der Waals surface area contributed by atoms with Gasteiger partial charge in [0, 0.05) is 25.2 Å². The van der Waals surface area contributed by atoms with E-state index in [2.05, 4.69) is 4.98 Å². The van der Waals surface area contributed by atoms with Gasteiger partial charge in [-0.3, -0.25) is 14.5 Å². The zero-order valence-corrected chi connectivity index (χ0v) is 15.6. The van der Waals surface area contributed by atoms with Gasteiger partial charge in [-0.05, 0) is 19.2 Å². The molecule has 7 nitrogen and oxygen atoms in total. The van der Waals surface area contributed by atoms with E-state index < -0.39 is 5.97 Å². The summed E-state index contributed by atoms with van der Waals surface area (Å²) in [6.07, 6.45) is 1.21. The van der Waals surface area contributed by atoms with Crippen molar-refractivity contribution in [3.05, 3.63) is 41.2 Å². The number of carbonyl (C=O) groups is 2. The SMILES string of the molecule is CN(CC(=O)O)CC1CN(C(=O)c2cnc(-c3ccccc3F)s2)CCO1. The molecule has 1 N–H and O–H groups in total. The van der Waals surface area contributed by atoms with Gasteiger partial charge in [-0.25, -0.2) is 9.37 Å². The van der Waals surface area contributed by atoms with Crippen molar-refractivity contribution in [1.29, 1.82) is 0 Å². The quantitative estimate of drug-likeness (QED) is 0.806. The molecular formula is C18H20FN3O4S. The van der Waals surface area contributed by atoms with Crippen LogP contribution in [0.5, 0.6) is 0 Å². The van der Waals surface area contributed by atoms with E-state index in [9.17, 15) is 14.0 Å². The molecule has 1 fully saturated rings. The lowest BCUT2D eigenvalue weighted by Gasteiger charge is -2.34. The summed E-state index contributed by atoms with van der Waals surface area (Å²) in [5.74, 6) is -1.46. The number of rotatable bonds is 6. The molecular weight excluding hydrogens is 373 g/mol. The van der Waals surface area contributed by atoms with Crippen LogP contribution in [-0.4, -0.2) is 77.7 Å². The Morgan fingerprint density at radius 2 is 2.22 bits per heavy atom. The highest BCUT2D eigenvalue weighted by atomic mass is 32.1. The predicted molar refractivity (Wildman–Crippen MR) is 98.3 cm³/mol. The predicted octanol–water partition coefficient (Wildman–Crippen LogP) is 1.81. The number of aromatic nitrogens is 1. The molecule has 9 heteroatoms. The van der Waals surface area contributed by atoms with Gasteiger partial charge in [-0.1, -0.05) is 12.1 Å². The highest BCUT2D eigenvalue weighted by Gasteiger charge is 2.27. The number of aliphatic carboxylic acids is 1. The summed E-state index contributed by atoms with van der Waals surface area (Å²) in [5, 5.41) is 9.30. The van der Waals surface area contributed by atoms with Crippen LogP contribution in [0.4, 0.5) is 4.39 Å². The Kier molecular flexibility index (Phi) is 6.15. The Hall–Kier alpha value is -2.36. The lowest BCUT2D eigenvalue weighted by Crippen LogP contribution is -2.49. The van der Waals surface area contributed by atoms with Gasteiger partial charge in [-0.2, -0.15) is 0 Å². The van der Waals surface area contributed by atoms with Gasteiger partial charge in [-0.15, -0.1) is 11.3 Å². The first-order valence-electron chi connectivity index (χ1n) is 8.46. The van der Waals surface area contributed by atoms with E-state index in [1.807, 2.05) is 0 Å². The van der Waals surface area contributed by atoms with Crippen molar-refractivity contribution in [2.45, 2.75) is 6.10 Å². The van der Waals surface area contributed by atoms with E-state index in [0.29, 0.717) is 41.7 Å². The molecule has 1 aliphatic heterocycles. The number of ether oxygens (including phenoxy) is 1. The van der Waals surface area contributed by atoms with Gasteiger partial charge in [0.2, 0.25) is 0 Å². The van der Waals surface area contributed by atoms with Gasteiger partial charge >= 0.3 is 5.97 Å². The van der Waals surface area contributed by atoms with Crippen LogP contribution >= 0.6 is 11.3 Å². The molecule has 0 radical (unpaired) electrons. The van der Waals surface area contributed by atoms with E-state index >= 15 is 0 Å². The van der Waals surface area contributed by atoms with Crippen molar-refractivity contribution >= 4 is 23.2 Å². The molecule has 27 heavy (non-hydrogen) atoms. The number of amides is 1. The van der Waals surface area contributed by atoms with E-state index in [0.717, 1.165) is 11.3 Å². The number of halogens is 1. The summed E-state index contributed by atoms with van der Waals surface area (Å²) in [4.78, 5) is 31.5. The zero-order valence-electron chi connectivity index (χ0n) is 14.8. The molecule has 2 heterocycles. The third-order valence-corrected chi connectivity index (χ3v) is 5.19. The molecule has 1 aromatic carbocycles. The fourth-order valence-corrected chi connectivity index (χ4v) is 3.86. The molecule has 0 spiro atoms. The molecule has 3 rings (SSSR count). The summed E-state index contributed by atoms with van der Waals surface area (Å²) >= 11 is 1.15. The summed E-state index contributed by atoms with van der Waals surface area (Å²) in [6, 6.07) is 6.32. The molecule has 0 saturated carbocycles. The van der Waals surface area contributed by atoms with Crippen LogP contribution in [0, 0.1) is 5.82 Å². The topological polar surface area (TPSA) is 83.0 Å². The number of hydrogen-bond acceptors (Lipinski definition) is 6. The molecule has 144 valence electrons. The second kappa shape index (κ2) is 8.55. The number of thiazole rings is 1. The summed E-state index contributed by atoms with van der Waals surface area (Å²) in [5.41, 5.74) is 0.372. The summed E-state index contributed by atoms with van der Waals surface area (Å²) in [6.45, 7) is 1.53. The molecule has 0 bridgehead atoms. The van der Waals surface area contributed by atoms with Gasteiger partial charge in [0.1, 0.15) is 15.7 Å². The fraction of sp³-hybridized carbons (Fsp3) is 0.389. The average molecular weight is 393 g/mol. The van der Waals surface area contributed by atoms with Gasteiger partial charge in [0.25, 0.3) is 5.91 Å². The number of carboxylic acid groups (broad SMARTS) is 1. The third kappa shape index (κ3) is 4.88. The van der Waals surface area contributed by atoms with Crippen LogP contribution in [0.3, 0.4) is 0 Å². The number of benzene rings is 1. The van der Waals surface area contributed by atoms with Gasteiger partial charge in [0.15, 0.2) is 0 Å². The normalized spacial score (nSPS) is 17.3. The van der Waals surface area contributed by atoms with E-state index in [4.69, 9.17) is 9.84 Å². The van der Waals surface area contributed by atoms with Crippen LogP contribution in [0.2, 0.25) is 0 Å². The molecule has 1 amide bonds. The number of hydrogen-bond donors (Lipinski definition) is 1. The largest absolute Gasteiger partial charge is 0.480 e. The Labute approximate surface area is 160 Å². The molecule has 2 aromatic rings. The smallest absolute Gasteiger partial charge is 0.317 e. The zero-order chi connectivity index (χ0) is 19.4. The monoisotopic (exact) mass is 393 g/mol. The molecule has 1 unspecified atom stereocenters. The highest BCUT2D eigenvalue weighted by molar-refractivity contribution is 7.16. The molecule has 1 aliphatic rings. The Morgan fingerprint density at radius 3 is 2.96 bits per heavy atom. The minimum absolute atomic E-state index is 0.0886. The number of morpholine rings is 1. The number of carbonyl (C=O) groups excluding carboxylic acids is 1. The number of carboxylic acids is 1. The van der Waals surface area contributed by atoms with Crippen molar-refractivity contribution in [2.24, 2.45) is 0 Å². The van der Waals surface area contributed by atoms with Gasteiger partial charge < -0.3 is 14.7 Å². The molecule has 1 atom stereocenters. The van der Waals surface area contributed by atoms with Crippen molar-refractivity contribution in [1.82, 2.24) is 14.8 Å². The lowest BCUT2D eigenvalue weighted by molar-refractivity contribution is -0.138. The average Bonchev–Trinajstić information content (AvgIpc) is 3.10. The summed E-state index contributed by atoms with van der Waals surface area (Å²) < 4.78 is 19.6. The van der Waals surface area contributed by atoms with E-state index in [-0.39, 0.29) is 24.4 Å². The van der Waals surface area contributed by atoms with Crippen molar-refractivity contribution < 1.29 is 23.8 Å². The maximum atomic E-state index is 13.9. The Balaban J connectivity index is 1.65. The second-order valence-corrected chi connectivity index (χ2v) is 7.37. The van der Waals surface area contributed by atoms with E-state index in [1.165, 1.54) is 12.3 Å². The maximum absolute atomic E-state index is 13.9. The molecule has 0 aliphatic carbocycles. The van der Waals surface area contributed by atoms with Crippen LogP contribution in [0.15, 0.2) is 30.5 Å². The van der Waals surface area contributed by atoms with Crippen LogP contribution < -0.4 is 0 Å². The van der Waals surface area contributed by atoms with Crippen LogP contribution in [0.1, 0.15) is 9.67 Å². The fourth-order valence-electron chi connectivity index (χ4n) is 2.95. The van der Waals surface area contributed by atoms with Crippen LogP contribution in [0.25, 0.3) is 10.6 Å². The minimum Gasteiger partial charge on any atom is -0.480 e. The third-order valence-electron chi connectivity index (χ3n) is 4.17. The first-order chi connectivity index (χ1) is 12.9. The molecule has 1 aromatic heterocycles. The Bertz CT molecular complexity index is 828. The minimum atomic E-state index is -0.911.